The molecule has 6 nitrogen and oxygen atoms in total. The monoisotopic (exact) mass is 260 g/mol. The van der Waals surface area contributed by atoms with E-state index < -0.39 is 6.09 Å². The molecule has 3 heterocycles. The molecule has 1 amide bonds. The summed E-state index contributed by atoms with van der Waals surface area (Å²) in [7, 11) is 0. The molecule has 0 radical (unpaired) electrons. The molecule has 100 valence electrons. The van der Waals surface area contributed by atoms with Crippen LogP contribution in [0.1, 0.15) is 25.9 Å². The van der Waals surface area contributed by atoms with E-state index >= 15 is 0 Å². The van der Waals surface area contributed by atoms with Crippen LogP contribution >= 0.6 is 0 Å². The van der Waals surface area contributed by atoms with Crippen molar-refractivity contribution in [3.05, 3.63) is 24.7 Å². The van der Waals surface area contributed by atoms with Crippen LogP contribution in [0.4, 0.5) is 4.79 Å². The fourth-order valence-electron chi connectivity index (χ4n) is 2.74. The van der Waals surface area contributed by atoms with Crippen LogP contribution in [-0.2, 0) is 0 Å². The second kappa shape index (κ2) is 4.53. The maximum absolute atomic E-state index is 11.4. The van der Waals surface area contributed by atoms with Crippen LogP contribution in [0.2, 0.25) is 0 Å². The van der Waals surface area contributed by atoms with Gasteiger partial charge in [0.05, 0.1) is 5.69 Å². The summed E-state index contributed by atoms with van der Waals surface area (Å²) in [6.45, 7) is 2.74. The highest BCUT2D eigenvalue weighted by molar-refractivity contribution is 5.65. The highest BCUT2D eigenvalue weighted by Gasteiger charge is 2.32. The fourth-order valence-corrected chi connectivity index (χ4v) is 2.74. The number of rotatable bonds is 1. The van der Waals surface area contributed by atoms with Crippen molar-refractivity contribution in [2.45, 2.75) is 25.9 Å². The molecule has 0 saturated carbocycles. The lowest BCUT2D eigenvalue weighted by atomic mass is 9.96. The highest BCUT2D eigenvalue weighted by atomic mass is 16.4. The van der Waals surface area contributed by atoms with Crippen LogP contribution in [-0.4, -0.2) is 37.2 Å². The molecule has 2 atom stereocenters. The number of carbonyl (C=O) groups is 1. The van der Waals surface area contributed by atoms with E-state index in [0.717, 1.165) is 18.5 Å². The number of carboxylic acid groups (broad SMARTS) is 1. The molecule has 3 rings (SSSR count). The van der Waals surface area contributed by atoms with Gasteiger partial charge in [0.15, 0.2) is 5.82 Å². The van der Waals surface area contributed by atoms with E-state index in [-0.39, 0.29) is 6.17 Å². The minimum absolute atomic E-state index is 0.170. The number of hydrogen-bond donors (Lipinski definition) is 1. The third-order valence-electron chi connectivity index (χ3n) is 3.76. The van der Waals surface area contributed by atoms with Gasteiger partial charge >= 0.3 is 6.09 Å². The first-order chi connectivity index (χ1) is 9.16. The van der Waals surface area contributed by atoms with E-state index in [1.54, 1.807) is 12.4 Å². The maximum Gasteiger partial charge on any atom is 0.408 e. The first-order valence-electron chi connectivity index (χ1n) is 6.44. The molecule has 0 aromatic rings. The quantitative estimate of drug-likeness (QED) is 0.854. The number of nitrogens with zero attached hydrogens (tertiary/aromatic N) is 4. The summed E-state index contributed by atoms with van der Waals surface area (Å²) in [5.41, 5.74) is 0.882. The van der Waals surface area contributed by atoms with Gasteiger partial charge in [0.1, 0.15) is 6.17 Å². The zero-order valence-electron chi connectivity index (χ0n) is 10.7. The van der Waals surface area contributed by atoms with E-state index in [1.165, 1.54) is 4.90 Å². The molecule has 0 spiro atoms. The summed E-state index contributed by atoms with van der Waals surface area (Å²) in [5.74, 6) is 1.17. The van der Waals surface area contributed by atoms with Crippen LogP contribution < -0.4 is 0 Å². The Kier molecular flexibility index (Phi) is 2.85. The van der Waals surface area contributed by atoms with Gasteiger partial charge in [-0.05, 0) is 24.8 Å². The van der Waals surface area contributed by atoms with Crippen LogP contribution in [0.5, 0.6) is 0 Å². The van der Waals surface area contributed by atoms with Crippen LogP contribution in [0.15, 0.2) is 24.7 Å². The number of hydrogen-bond acceptors (Lipinski definition) is 3. The lowest BCUT2D eigenvalue weighted by Gasteiger charge is -2.38. The smallest absolute Gasteiger partial charge is 0.408 e. The Morgan fingerprint density at radius 1 is 1.42 bits per heavy atom. The summed E-state index contributed by atoms with van der Waals surface area (Å²) in [5, 5.41) is 9.36. The summed E-state index contributed by atoms with van der Waals surface area (Å²) in [6.07, 6.45) is 5.91. The van der Waals surface area contributed by atoms with Crippen molar-refractivity contribution in [3.63, 3.8) is 0 Å². The van der Waals surface area contributed by atoms with Crippen molar-refractivity contribution in [2.75, 3.05) is 6.54 Å². The Bertz CT molecular complexity index is 568. The van der Waals surface area contributed by atoms with Crippen LogP contribution in [0, 0.1) is 5.92 Å². The van der Waals surface area contributed by atoms with Gasteiger partial charge in [-0.1, -0.05) is 6.92 Å². The van der Waals surface area contributed by atoms with Gasteiger partial charge in [-0.3, -0.25) is 4.90 Å². The summed E-state index contributed by atoms with van der Waals surface area (Å²) in [6, 6.07) is 1.88. The van der Waals surface area contributed by atoms with Gasteiger partial charge in [0, 0.05) is 25.1 Å². The van der Waals surface area contributed by atoms with Gasteiger partial charge < -0.3 is 9.67 Å². The van der Waals surface area contributed by atoms with E-state index in [0.29, 0.717) is 18.3 Å². The van der Waals surface area contributed by atoms with Crippen molar-refractivity contribution in [3.8, 4) is 11.5 Å². The standard InChI is InChI=1S/C13H16N4O2/c1-9-3-6-17(13(18)19)11(8-9)16-7-5-15-12-10(16)2-4-14-12/h2,4-5,7,9,11H,3,6,8H2,1H3,(H,18,19). The maximum atomic E-state index is 11.4. The van der Waals surface area contributed by atoms with Crippen LogP contribution in [0.3, 0.4) is 0 Å². The number of aromatic nitrogens is 3. The topological polar surface area (TPSA) is 71.2 Å². The normalized spacial score (nSPS) is 23.7. The predicted octanol–water partition coefficient (Wildman–Crippen LogP) is 2.29. The average Bonchev–Trinajstić information content (AvgIpc) is 2.86. The van der Waals surface area contributed by atoms with Crippen molar-refractivity contribution < 1.29 is 9.90 Å². The summed E-state index contributed by atoms with van der Waals surface area (Å²) < 4.78 is 1.97. The Labute approximate surface area is 111 Å². The summed E-state index contributed by atoms with van der Waals surface area (Å²) in [4.78, 5) is 21.3. The molecule has 0 aliphatic carbocycles. The lowest BCUT2D eigenvalue weighted by molar-refractivity contribution is 0.0635. The second-order valence-electron chi connectivity index (χ2n) is 5.07. The number of fused-ring (bicyclic) bond motifs is 1. The Hall–Kier alpha value is -2.11. The van der Waals surface area contributed by atoms with Crippen molar-refractivity contribution >= 4 is 6.09 Å². The third kappa shape index (κ3) is 2.03. The molecule has 1 N–H and O–H groups in total. The zero-order valence-corrected chi connectivity index (χ0v) is 10.7. The molecule has 0 bridgehead atoms. The number of likely N-dealkylation sites (tertiary alicyclic amines) is 1. The summed E-state index contributed by atoms with van der Waals surface area (Å²) >= 11 is 0. The molecular weight excluding hydrogens is 244 g/mol. The lowest BCUT2D eigenvalue weighted by Crippen LogP contribution is -2.42. The average molecular weight is 260 g/mol. The molecule has 0 aromatic heterocycles. The Morgan fingerprint density at radius 2 is 2.21 bits per heavy atom. The van der Waals surface area contributed by atoms with Gasteiger partial charge in [-0.15, -0.1) is 0 Å². The van der Waals surface area contributed by atoms with Gasteiger partial charge in [-0.25, -0.2) is 14.8 Å². The molecule has 3 aliphatic heterocycles. The molecule has 1 saturated heterocycles. The van der Waals surface area contributed by atoms with Gasteiger partial charge in [-0.2, -0.15) is 0 Å². The molecule has 19 heavy (non-hydrogen) atoms. The van der Waals surface area contributed by atoms with E-state index in [2.05, 4.69) is 16.9 Å². The fraction of sp³-hybridized carbons (Fsp3) is 0.462. The van der Waals surface area contributed by atoms with Crippen molar-refractivity contribution in [2.24, 2.45) is 5.92 Å². The van der Waals surface area contributed by atoms with Crippen molar-refractivity contribution in [1.82, 2.24) is 19.4 Å². The SMILES string of the molecule is CC1CCN(C(=O)O)C(n2ccnc3nccc2-3)C1. The first-order valence-corrected chi connectivity index (χ1v) is 6.44. The van der Waals surface area contributed by atoms with E-state index in [1.807, 2.05) is 16.8 Å². The minimum Gasteiger partial charge on any atom is -0.465 e. The molecule has 0 aromatic carbocycles. The molecule has 3 aliphatic rings. The minimum atomic E-state index is -0.867. The number of piperidine rings is 1. The Morgan fingerprint density at radius 3 is 3.00 bits per heavy atom. The first kappa shape index (κ1) is 12.0. The predicted molar refractivity (Wildman–Crippen MR) is 68.8 cm³/mol. The highest BCUT2D eigenvalue weighted by Crippen LogP contribution is 2.33. The second-order valence-corrected chi connectivity index (χ2v) is 5.07. The van der Waals surface area contributed by atoms with Crippen LogP contribution in [0.25, 0.3) is 11.5 Å². The Balaban J connectivity index is 2.02. The van der Waals surface area contributed by atoms with Gasteiger partial charge in [0.25, 0.3) is 0 Å². The van der Waals surface area contributed by atoms with Crippen molar-refractivity contribution in [1.29, 1.82) is 0 Å². The molecular formula is C13H16N4O2. The number of amides is 1. The molecule has 1 fully saturated rings. The van der Waals surface area contributed by atoms with E-state index in [9.17, 15) is 9.90 Å². The third-order valence-corrected chi connectivity index (χ3v) is 3.76. The molecule has 6 heteroatoms. The zero-order chi connectivity index (χ0) is 13.4. The molecule has 2 unspecified atom stereocenters. The van der Waals surface area contributed by atoms with E-state index in [4.69, 9.17) is 0 Å². The van der Waals surface area contributed by atoms with Gasteiger partial charge in [0.2, 0.25) is 0 Å². The largest absolute Gasteiger partial charge is 0.465 e.